The number of nitrogens with zero attached hydrogens (tertiary/aromatic N) is 1. The van der Waals surface area contributed by atoms with Crippen molar-refractivity contribution < 1.29 is 42.9 Å². The molecule has 0 aliphatic rings. The molecule has 0 amide bonds. The maximum atomic E-state index is 12.8. The molecule has 9 nitrogen and oxygen atoms in total. The summed E-state index contributed by atoms with van der Waals surface area (Å²) in [5, 5.41) is 11.8. The van der Waals surface area contributed by atoms with Gasteiger partial charge < -0.3 is 33.3 Å². The average Bonchev–Trinajstić information content (AvgIpc) is 3.37. The van der Waals surface area contributed by atoms with E-state index in [2.05, 4.69) is 135 Å². The summed E-state index contributed by atoms with van der Waals surface area (Å²) in [6.45, 7) is 4.59. The molecule has 0 aromatic rings. The molecule has 0 bridgehead atoms. The number of likely N-dealkylation sites (N-methyl/N-ethyl adjacent to an activating group) is 1. The van der Waals surface area contributed by atoms with Gasteiger partial charge in [0.05, 0.1) is 40.3 Å². The van der Waals surface area contributed by atoms with Crippen LogP contribution in [0.25, 0.3) is 0 Å². The first kappa shape index (κ1) is 69.7. The maximum Gasteiger partial charge on any atom is 0.306 e. The molecule has 74 heavy (non-hydrogen) atoms. The lowest BCUT2D eigenvalue weighted by Crippen LogP contribution is -2.44. The van der Waals surface area contributed by atoms with E-state index < -0.39 is 24.3 Å². The fraction of sp³-hybridized carbons (Fsp3) is 0.646. The number of allylic oxidation sites excluding steroid dienone is 20. The zero-order chi connectivity index (χ0) is 54.1. The minimum absolute atomic E-state index is 0.137. The van der Waals surface area contributed by atoms with Crippen LogP contribution in [0.15, 0.2) is 122 Å². The van der Waals surface area contributed by atoms with Crippen LogP contribution >= 0.6 is 0 Å². The van der Waals surface area contributed by atoms with Crippen LogP contribution in [-0.4, -0.2) is 82.3 Å². The summed E-state index contributed by atoms with van der Waals surface area (Å²) in [7, 11) is 5.90. The Balaban J connectivity index is 4.29. The zero-order valence-corrected chi connectivity index (χ0v) is 47.7. The molecule has 0 saturated heterocycles. The van der Waals surface area contributed by atoms with Gasteiger partial charge in [0.15, 0.2) is 12.4 Å². The van der Waals surface area contributed by atoms with Crippen molar-refractivity contribution in [2.45, 2.75) is 225 Å². The van der Waals surface area contributed by atoms with Gasteiger partial charge in [-0.1, -0.05) is 232 Å². The summed E-state index contributed by atoms with van der Waals surface area (Å²) in [6.07, 6.45) is 73.9. The topological polar surface area (TPSA) is 111 Å². The third-order valence-electron chi connectivity index (χ3n) is 12.0. The van der Waals surface area contributed by atoms with E-state index in [9.17, 15) is 19.5 Å². The number of quaternary nitrogens is 1. The molecule has 0 aliphatic heterocycles. The third kappa shape index (κ3) is 55.4. The van der Waals surface area contributed by atoms with Crippen molar-refractivity contribution in [2.24, 2.45) is 0 Å². The van der Waals surface area contributed by atoms with Crippen molar-refractivity contribution in [1.82, 2.24) is 0 Å². The van der Waals surface area contributed by atoms with Crippen LogP contribution in [0.2, 0.25) is 0 Å². The highest BCUT2D eigenvalue weighted by Crippen LogP contribution is 2.15. The van der Waals surface area contributed by atoms with Crippen molar-refractivity contribution in [1.29, 1.82) is 0 Å². The van der Waals surface area contributed by atoms with Crippen LogP contribution in [0.4, 0.5) is 0 Å². The van der Waals surface area contributed by atoms with Gasteiger partial charge in [-0.2, -0.15) is 0 Å². The van der Waals surface area contributed by atoms with Gasteiger partial charge in [0, 0.05) is 12.8 Å². The van der Waals surface area contributed by atoms with Crippen LogP contribution < -0.4 is 5.11 Å². The molecule has 0 aliphatic carbocycles. The number of carboxylic acids is 1. The van der Waals surface area contributed by atoms with Gasteiger partial charge >= 0.3 is 11.9 Å². The molecule has 0 N–H and O–H groups in total. The Morgan fingerprint density at radius 2 is 0.770 bits per heavy atom. The van der Waals surface area contributed by atoms with E-state index in [0.29, 0.717) is 17.4 Å². The van der Waals surface area contributed by atoms with Crippen LogP contribution in [0, 0.1) is 0 Å². The van der Waals surface area contributed by atoms with Crippen molar-refractivity contribution in [3.63, 3.8) is 0 Å². The summed E-state index contributed by atoms with van der Waals surface area (Å²) < 4.78 is 22.6. The fourth-order valence-corrected chi connectivity index (χ4v) is 7.50. The van der Waals surface area contributed by atoms with Crippen molar-refractivity contribution in [3.05, 3.63) is 122 Å². The molecule has 2 unspecified atom stereocenters. The van der Waals surface area contributed by atoms with Crippen molar-refractivity contribution in [3.8, 4) is 0 Å². The molecule has 0 spiro atoms. The Bertz CT molecular complexity index is 1620. The third-order valence-corrected chi connectivity index (χ3v) is 12.0. The Hall–Kier alpha value is -4.31. The molecule has 0 radical (unpaired) electrons. The molecule has 0 fully saturated rings. The zero-order valence-electron chi connectivity index (χ0n) is 47.7. The first-order chi connectivity index (χ1) is 36.1. The molecule has 0 rings (SSSR count). The Kier molecular flexibility index (Phi) is 51.7. The second-order valence-electron chi connectivity index (χ2n) is 20.2. The van der Waals surface area contributed by atoms with E-state index in [1.165, 1.54) is 70.6 Å². The van der Waals surface area contributed by atoms with Gasteiger partial charge in [-0.15, -0.1) is 0 Å². The first-order valence-corrected chi connectivity index (χ1v) is 29.2. The standard InChI is InChI=1S/C65H107NO8/c1-6-8-10-12-14-16-18-20-22-23-24-25-26-27-28-29-30-31-32-33-34-35-36-37-38-39-40-41-42-44-46-48-50-52-54-56-63(68)74-61(60-73-65(64(69)70)71-58-57-66(3,4)5)59-72-62(67)55-53-51-49-47-45-43-21-19-17-15-13-11-9-7-2/h8,10,14,16,20,22,24-25,27-28,30-31,33-34,36-37,39-40,42,44,61,65H,6-7,9,11-13,15,17-19,21,23,26,29,32,35,38,41,43,45-60H2,1-5H3/b10-8-,16-14-,22-20-,25-24-,28-27-,31-30-,34-33-,37-36-,40-39-,44-42-. The van der Waals surface area contributed by atoms with Crippen LogP contribution in [0.1, 0.15) is 213 Å². The molecule has 0 aromatic heterocycles. The summed E-state index contributed by atoms with van der Waals surface area (Å²) in [6, 6.07) is 0. The van der Waals surface area contributed by atoms with Crippen LogP contribution in [-0.2, 0) is 33.3 Å². The molecular formula is C65H107NO8. The number of rotatable bonds is 52. The predicted octanol–water partition coefficient (Wildman–Crippen LogP) is 16.0. The van der Waals surface area contributed by atoms with Crippen molar-refractivity contribution >= 4 is 17.9 Å². The number of unbranched alkanes of at least 4 members (excludes halogenated alkanes) is 17. The number of carbonyl (C=O) groups excluding carboxylic acids is 3. The number of carbonyl (C=O) groups is 3. The number of aliphatic carboxylic acids is 1. The quantitative estimate of drug-likeness (QED) is 0.0195. The lowest BCUT2D eigenvalue weighted by Gasteiger charge is -2.26. The lowest BCUT2D eigenvalue weighted by molar-refractivity contribution is -0.870. The lowest BCUT2D eigenvalue weighted by atomic mass is 10.0. The van der Waals surface area contributed by atoms with Gasteiger partial charge in [0.25, 0.3) is 0 Å². The fourth-order valence-electron chi connectivity index (χ4n) is 7.50. The monoisotopic (exact) mass is 1030 g/mol. The summed E-state index contributed by atoms with van der Waals surface area (Å²) in [5.41, 5.74) is 0. The van der Waals surface area contributed by atoms with E-state index in [1.807, 2.05) is 21.1 Å². The van der Waals surface area contributed by atoms with E-state index in [1.54, 1.807) is 0 Å². The normalized spacial score (nSPS) is 13.7. The van der Waals surface area contributed by atoms with E-state index in [-0.39, 0.29) is 38.6 Å². The Labute approximate surface area is 453 Å². The number of ether oxygens (including phenoxy) is 4. The smallest absolute Gasteiger partial charge is 0.306 e. The van der Waals surface area contributed by atoms with E-state index in [4.69, 9.17) is 18.9 Å². The van der Waals surface area contributed by atoms with Crippen molar-refractivity contribution in [2.75, 3.05) is 47.5 Å². The SMILES string of the molecule is CC/C=C\C/C=C\C/C=C\C/C=C\C/C=C\C/C=C\C/C=C\C/C=C\C/C=C\C/C=C\CCCCCCC(=O)OC(COC(=O)CCCCCCCCCCCCCCCC)COC(OCC[N+](C)(C)C)C(=O)[O-]. The molecule has 2 atom stereocenters. The van der Waals surface area contributed by atoms with Crippen LogP contribution in [0.5, 0.6) is 0 Å². The van der Waals surface area contributed by atoms with Gasteiger partial charge in [0.2, 0.25) is 0 Å². The van der Waals surface area contributed by atoms with Crippen LogP contribution in [0.3, 0.4) is 0 Å². The van der Waals surface area contributed by atoms with Gasteiger partial charge in [-0.25, -0.2) is 0 Å². The molecular weight excluding hydrogens is 923 g/mol. The van der Waals surface area contributed by atoms with Gasteiger partial charge in [-0.3, -0.25) is 9.59 Å². The number of hydrogen-bond acceptors (Lipinski definition) is 8. The second kappa shape index (κ2) is 54.9. The maximum absolute atomic E-state index is 12.8. The summed E-state index contributed by atoms with van der Waals surface area (Å²) in [4.78, 5) is 37.2. The highest BCUT2D eigenvalue weighted by atomic mass is 16.7. The Morgan fingerprint density at radius 1 is 0.419 bits per heavy atom. The van der Waals surface area contributed by atoms with E-state index >= 15 is 0 Å². The molecule has 0 aromatic carbocycles. The highest BCUT2D eigenvalue weighted by molar-refractivity contribution is 5.70. The first-order valence-electron chi connectivity index (χ1n) is 29.2. The number of hydrogen-bond donors (Lipinski definition) is 0. The minimum Gasteiger partial charge on any atom is -0.545 e. The highest BCUT2D eigenvalue weighted by Gasteiger charge is 2.22. The number of esters is 2. The molecule has 0 saturated carbocycles. The summed E-state index contributed by atoms with van der Waals surface area (Å²) >= 11 is 0. The minimum atomic E-state index is -1.63. The largest absolute Gasteiger partial charge is 0.545 e. The Morgan fingerprint density at radius 3 is 1.15 bits per heavy atom. The molecule has 0 heterocycles. The van der Waals surface area contributed by atoms with Gasteiger partial charge in [0.1, 0.15) is 13.2 Å². The number of carboxylic acid groups (broad SMARTS) is 1. The van der Waals surface area contributed by atoms with E-state index in [0.717, 1.165) is 109 Å². The second-order valence-corrected chi connectivity index (χ2v) is 20.2. The average molecular weight is 1030 g/mol. The predicted molar refractivity (Wildman–Crippen MR) is 310 cm³/mol. The van der Waals surface area contributed by atoms with Gasteiger partial charge in [-0.05, 0) is 89.9 Å². The molecule has 420 valence electrons. The molecule has 9 heteroatoms. The summed E-state index contributed by atoms with van der Waals surface area (Å²) in [5.74, 6) is -2.33.